The summed E-state index contributed by atoms with van der Waals surface area (Å²) in [7, 11) is 0. The van der Waals surface area contributed by atoms with E-state index in [1.54, 1.807) is 12.1 Å². The number of hydrogen-bond acceptors (Lipinski definition) is 4. The minimum atomic E-state index is -0.276. The van der Waals surface area contributed by atoms with Gasteiger partial charge in [-0.25, -0.2) is 0 Å². The summed E-state index contributed by atoms with van der Waals surface area (Å²) in [5.41, 5.74) is 17.1. The molecule has 0 unspecified atom stereocenters. The molecule has 1 aromatic rings. The monoisotopic (exact) mass is 334 g/mol. The highest BCUT2D eigenvalue weighted by molar-refractivity contribution is 5.76. The Labute approximate surface area is 144 Å². The predicted octanol–water partition coefficient (Wildman–Crippen LogP) is 2.29. The smallest absolute Gasteiger partial charge is 0.222 e. The van der Waals surface area contributed by atoms with Gasteiger partial charge < -0.3 is 22.1 Å². The van der Waals surface area contributed by atoms with Gasteiger partial charge in [-0.05, 0) is 37.8 Å². The van der Waals surface area contributed by atoms with E-state index in [1.807, 2.05) is 17.0 Å². The first-order valence-electron chi connectivity index (χ1n) is 8.66. The number of amides is 2. The highest BCUT2D eigenvalue weighted by Gasteiger charge is 2.14. The van der Waals surface area contributed by atoms with Gasteiger partial charge in [0, 0.05) is 25.9 Å². The van der Waals surface area contributed by atoms with Gasteiger partial charge in [0.2, 0.25) is 11.8 Å². The summed E-state index contributed by atoms with van der Waals surface area (Å²) in [5.74, 6) is -0.0337. The molecule has 6 N–H and O–H groups in total. The molecule has 6 nitrogen and oxygen atoms in total. The number of unbranched alkanes of at least 4 members (excludes halogenated alkanes) is 1. The van der Waals surface area contributed by atoms with Crippen LogP contribution in [0.15, 0.2) is 24.3 Å². The number of nitrogens with two attached hydrogens (primary N) is 3. The SMILES string of the molecule is NC(=O)CCCCC(=O)N1CCCCCC1.Nc1ccccc1N. The van der Waals surface area contributed by atoms with Crippen molar-refractivity contribution in [2.75, 3.05) is 24.6 Å². The standard InChI is InChI=1S/C12H22N2O2.C6H8N2/c13-11(15)7-3-4-8-12(16)14-9-5-1-2-6-10-14;7-5-3-1-2-4-6(5)8/h1-10H2,(H2,13,15);1-4H,7-8H2. The Morgan fingerprint density at radius 1 is 0.875 bits per heavy atom. The van der Waals surface area contributed by atoms with Crippen LogP contribution in [0.5, 0.6) is 0 Å². The molecule has 0 atom stereocenters. The zero-order valence-corrected chi connectivity index (χ0v) is 14.4. The third-order valence-corrected chi connectivity index (χ3v) is 4.02. The lowest BCUT2D eigenvalue weighted by molar-refractivity contribution is -0.131. The minimum absolute atomic E-state index is 0.242. The van der Waals surface area contributed by atoms with E-state index in [4.69, 9.17) is 17.2 Å². The first-order chi connectivity index (χ1) is 11.5. The maximum Gasteiger partial charge on any atom is 0.222 e. The molecule has 0 spiro atoms. The first-order valence-corrected chi connectivity index (χ1v) is 8.66. The van der Waals surface area contributed by atoms with Crippen LogP contribution in [0.2, 0.25) is 0 Å². The number of hydrogen-bond donors (Lipinski definition) is 3. The normalized spacial score (nSPS) is 14.2. The van der Waals surface area contributed by atoms with Gasteiger partial charge in [-0.1, -0.05) is 25.0 Å². The van der Waals surface area contributed by atoms with Crippen LogP contribution in [0, 0.1) is 0 Å². The van der Waals surface area contributed by atoms with E-state index in [-0.39, 0.29) is 11.8 Å². The highest BCUT2D eigenvalue weighted by atomic mass is 16.2. The Morgan fingerprint density at radius 3 is 1.83 bits per heavy atom. The second-order valence-corrected chi connectivity index (χ2v) is 6.10. The Balaban J connectivity index is 0.000000300. The Morgan fingerprint density at radius 2 is 1.38 bits per heavy atom. The van der Waals surface area contributed by atoms with Crippen LogP contribution < -0.4 is 17.2 Å². The van der Waals surface area contributed by atoms with E-state index in [0.29, 0.717) is 24.2 Å². The molecular formula is C18H30N4O2. The lowest BCUT2D eigenvalue weighted by Crippen LogP contribution is -2.31. The van der Waals surface area contributed by atoms with Crippen molar-refractivity contribution in [2.24, 2.45) is 5.73 Å². The summed E-state index contributed by atoms with van der Waals surface area (Å²) in [6.45, 7) is 1.82. The number of primary amides is 1. The molecule has 1 aliphatic heterocycles. The first kappa shape index (κ1) is 19.8. The molecule has 0 aliphatic carbocycles. The van der Waals surface area contributed by atoms with Gasteiger partial charge in [-0.15, -0.1) is 0 Å². The summed E-state index contributed by atoms with van der Waals surface area (Å²) in [6.07, 6.45) is 7.21. The summed E-state index contributed by atoms with van der Waals surface area (Å²) < 4.78 is 0. The van der Waals surface area contributed by atoms with Gasteiger partial charge in [0.05, 0.1) is 11.4 Å². The Bertz CT molecular complexity index is 490. The lowest BCUT2D eigenvalue weighted by atomic mass is 10.1. The van der Waals surface area contributed by atoms with Gasteiger partial charge in [0.1, 0.15) is 0 Å². The van der Waals surface area contributed by atoms with E-state index in [2.05, 4.69) is 0 Å². The molecule has 1 aliphatic rings. The van der Waals surface area contributed by atoms with Gasteiger partial charge in [0.25, 0.3) is 0 Å². The van der Waals surface area contributed by atoms with Gasteiger partial charge in [-0.3, -0.25) is 9.59 Å². The largest absolute Gasteiger partial charge is 0.397 e. The van der Waals surface area contributed by atoms with Crippen molar-refractivity contribution in [1.82, 2.24) is 4.90 Å². The molecule has 1 saturated heterocycles. The molecule has 134 valence electrons. The van der Waals surface area contributed by atoms with Crippen molar-refractivity contribution >= 4 is 23.2 Å². The number of likely N-dealkylation sites (tertiary alicyclic amines) is 1. The third kappa shape index (κ3) is 8.41. The molecule has 0 aromatic heterocycles. The Hall–Kier alpha value is -2.24. The average Bonchev–Trinajstić information content (AvgIpc) is 2.84. The minimum Gasteiger partial charge on any atom is -0.397 e. The number of nitrogen functional groups attached to an aromatic ring is 2. The van der Waals surface area contributed by atoms with Crippen molar-refractivity contribution in [3.8, 4) is 0 Å². The number of para-hydroxylation sites is 2. The molecule has 0 saturated carbocycles. The summed E-state index contributed by atoms with van der Waals surface area (Å²) >= 11 is 0. The zero-order valence-electron chi connectivity index (χ0n) is 14.4. The number of anilines is 2. The lowest BCUT2D eigenvalue weighted by Gasteiger charge is -2.20. The predicted molar refractivity (Wildman–Crippen MR) is 98.0 cm³/mol. The van der Waals surface area contributed by atoms with Crippen LogP contribution in [-0.2, 0) is 9.59 Å². The zero-order chi connectivity index (χ0) is 17.8. The fourth-order valence-electron chi connectivity index (χ4n) is 2.56. The second-order valence-electron chi connectivity index (χ2n) is 6.10. The van der Waals surface area contributed by atoms with E-state index in [9.17, 15) is 9.59 Å². The van der Waals surface area contributed by atoms with Crippen molar-refractivity contribution in [2.45, 2.75) is 51.4 Å². The fraction of sp³-hybridized carbons (Fsp3) is 0.556. The van der Waals surface area contributed by atoms with E-state index < -0.39 is 0 Å². The van der Waals surface area contributed by atoms with Crippen LogP contribution in [0.1, 0.15) is 51.4 Å². The quantitative estimate of drug-likeness (QED) is 0.566. The second kappa shape index (κ2) is 11.3. The summed E-state index contributed by atoms with van der Waals surface area (Å²) in [4.78, 5) is 24.3. The topological polar surface area (TPSA) is 115 Å². The van der Waals surface area contributed by atoms with Crippen molar-refractivity contribution in [1.29, 1.82) is 0 Å². The van der Waals surface area contributed by atoms with Crippen molar-refractivity contribution in [3.63, 3.8) is 0 Å². The summed E-state index contributed by atoms with van der Waals surface area (Å²) in [6, 6.07) is 7.25. The number of benzene rings is 1. The van der Waals surface area contributed by atoms with E-state index in [0.717, 1.165) is 38.8 Å². The van der Waals surface area contributed by atoms with Crippen LogP contribution >= 0.6 is 0 Å². The van der Waals surface area contributed by atoms with Crippen LogP contribution in [0.3, 0.4) is 0 Å². The molecule has 6 heteroatoms. The maximum absolute atomic E-state index is 11.8. The highest BCUT2D eigenvalue weighted by Crippen LogP contribution is 2.12. The van der Waals surface area contributed by atoms with E-state index in [1.165, 1.54) is 12.8 Å². The van der Waals surface area contributed by atoms with Gasteiger partial charge in [-0.2, -0.15) is 0 Å². The van der Waals surface area contributed by atoms with Crippen molar-refractivity contribution < 1.29 is 9.59 Å². The van der Waals surface area contributed by atoms with Gasteiger partial charge in [0.15, 0.2) is 0 Å². The average molecular weight is 334 g/mol. The number of carbonyl (C=O) groups excluding carboxylic acids is 2. The fourth-order valence-corrected chi connectivity index (χ4v) is 2.56. The molecular weight excluding hydrogens is 304 g/mol. The molecule has 1 aromatic carbocycles. The maximum atomic E-state index is 11.8. The number of carbonyl (C=O) groups is 2. The molecule has 24 heavy (non-hydrogen) atoms. The van der Waals surface area contributed by atoms with Gasteiger partial charge >= 0.3 is 0 Å². The number of rotatable bonds is 5. The summed E-state index contributed by atoms with van der Waals surface area (Å²) in [5, 5.41) is 0. The molecule has 0 radical (unpaired) electrons. The molecule has 2 amide bonds. The molecule has 0 bridgehead atoms. The molecule has 1 heterocycles. The van der Waals surface area contributed by atoms with Crippen LogP contribution in [0.25, 0.3) is 0 Å². The van der Waals surface area contributed by atoms with Crippen LogP contribution in [0.4, 0.5) is 11.4 Å². The van der Waals surface area contributed by atoms with Crippen molar-refractivity contribution in [3.05, 3.63) is 24.3 Å². The van der Waals surface area contributed by atoms with E-state index >= 15 is 0 Å². The molecule has 2 rings (SSSR count). The number of nitrogens with zero attached hydrogens (tertiary/aromatic N) is 1. The third-order valence-electron chi connectivity index (χ3n) is 4.02. The Kier molecular flexibility index (Phi) is 9.34. The molecule has 1 fully saturated rings. The van der Waals surface area contributed by atoms with Crippen LogP contribution in [-0.4, -0.2) is 29.8 Å².